The van der Waals surface area contributed by atoms with Gasteiger partial charge >= 0.3 is 0 Å². The molecule has 7 nitrogen and oxygen atoms in total. The number of rotatable bonds is 8. The highest BCUT2D eigenvalue weighted by Gasteiger charge is 2.19. The molecule has 2 aromatic carbocycles. The van der Waals surface area contributed by atoms with Crippen molar-refractivity contribution in [2.75, 3.05) is 34.9 Å². The zero-order valence-corrected chi connectivity index (χ0v) is 21.6. The summed E-state index contributed by atoms with van der Waals surface area (Å²) >= 11 is 0. The van der Waals surface area contributed by atoms with Crippen LogP contribution in [0.3, 0.4) is 0 Å². The maximum Gasteiger partial charge on any atom is 0.222 e. The molecule has 8 heteroatoms. The first-order chi connectivity index (χ1) is 15.0. The molecule has 1 aliphatic heterocycles. The number of nitrogens with zero attached hydrogens (tertiary/aromatic N) is 3. The lowest BCUT2D eigenvalue weighted by Gasteiger charge is -2.23. The van der Waals surface area contributed by atoms with Crippen molar-refractivity contribution in [2.45, 2.75) is 32.5 Å². The summed E-state index contributed by atoms with van der Waals surface area (Å²) in [5.74, 6) is 2.60. The molecule has 0 aliphatic carbocycles. The zero-order chi connectivity index (χ0) is 22.2. The van der Waals surface area contributed by atoms with Crippen molar-refractivity contribution >= 4 is 35.8 Å². The Hall–Kier alpha value is -2.49. The van der Waals surface area contributed by atoms with Crippen LogP contribution in [0.5, 0.6) is 11.5 Å². The van der Waals surface area contributed by atoms with Gasteiger partial charge in [-0.1, -0.05) is 24.3 Å². The van der Waals surface area contributed by atoms with Crippen LogP contribution in [0.15, 0.2) is 47.5 Å². The van der Waals surface area contributed by atoms with Crippen LogP contribution in [0.2, 0.25) is 0 Å². The van der Waals surface area contributed by atoms with Crippen molar-refractivity contribution < 1.29 is 14.3 Å². The van der Waals surface area contributed by atoms with E-state index in [1.54, 1.807) is 21.3 Å². The SMILES string of the molecule is CN=C(NCc1ccc(CN2CCCC2=O)cc1)N(C)Cc1ccc(OC)cc1OC.I. The van der Waals surface area contributed by atoms with E-state index in [-0.39, 0.29) is 29.9 Å². The third-order valence-electron chi connectivity index (χ3n) is 5.49. The summed E-state index contributed by atoms with van der Waals surface area (Å²) in [6.07, 6.45) is 1.65. The maximum atomic E-state index is 11.8. The number of guanidine groups is 1. The number of halogens is 1. The Bertz CT molecular complexity index is 918. The zero-order valence-electron chi connectivity index (χ0n) is 19.3. The summed E-state index contributed by atoms with van der Waals surface area (Å²) in [4.78, 5) is 20.2. The van der Waals surface area contributed by atoms with E-state index in [1.165, 1.54) is 0 Å². The van der Waals surface area contributed by atoms with Crippen LogP contribution in [0.1, 0.15) is 29.5 Å². The molecule has 2 aromatic rings. The molecule has 0 unspecified atom stereocenters. The van der Waals surface area contributed by atoms with Crippen molar-refractivity contribution in [1.82, 2.24) is 15.1 Å². The molecule has 3 rings (SSSR count). The molecule has 32 heavy (non-hydrogen) atoms. The Morgan fingerprint density at radius 1 is 1.12 bits per heavy atom. The predicted octanol–water partition coefficient (Wildman–Crippen LogP) is 3.65. The van der Waals surface area contributed by atoms with E-state index in [0.717, 1.165) is 47.1 Å². The Morgan fingerprint density at radius 2 is 1.84 bits per heavy atom. The van der Waals surface area contributed by atoms with E-state index in [1.807, 2.05) is 30.1 Å². The maximum absolute atomic E-state index is 11.8. The Labute approximate surface area is 207 Å². The molecule has 1 N–H and O–H groups in total. The average molecular weight is 552 g/mol. The Kier molecular flexibility index (Phi) is 10.1. The molecule has 1 fully saturated rings. The summed E-state index contributed by atoms with van der Waals surface area (Å²) in [5, 5.41) is 3.41. The van der Waals surface area contributed by atoms with Gasteiger partial charge in [-0.15, -0.1) is 24.0 Å². The van der Waals surface area contributed by atoms with Crippen LogP contribution in [-0.2, 0) is 24.4 Å². The second kappa shape index (κ2) is 12.5. The van der Waals surface area contributed by atoms with Crippen LogP contribution in [-0.4, -0.2) is 56.5 Å². The number of carbonyl (C=O) groups is 1. The van der Waals surface area contributed by atoms with E-state index in [0.29, 0.717) is 26.1 Å². The number of aliphatic imine (C=N–C) groups is 1. The summed E-state index contributed by atoms with van der Waals surface area (Å²) < 4.78 is 10.8. The number of benzene rings is 2. The molecule has 1 heterocycles. The third kappa shape index (κ3) is 6.75. The molecule has 1 saturated heterocycles. The van der Waals surface area contributed by atoms with E-state index < -0.39 is 0 Å². The fraction of sp³-hybridized carbons (Fsp3) is 0.417. The van der Waals surface area contributed by atoms with E-state index in [2.05, 4.69) is 39.5 Å². The number of hydrogen-bond donors (Lipinski definition) is 1. The first-order valence-electron chi connectivity index (χ1n) is 10.5. The molecule has 1 amide bonds. The molecule has 1 aliphatic rings. The molecule has 0 aromatic heterocycles. The van der Waals surface area contributed by atoms with Crippen molar-refractivity contribution in [1.29, 1.82) is 0 Å². The van der Waals surface area contributed by atoms with Crippen LogP contribution < -0.4 is 14.8 Å². The lowest BCUT2D eigenvalue weighted by molar-refractivity contribution is -0.128. The van der Waals surface area contributed by atoms with Crippen LogP contribution in [0.4, 0.5) is 0 Å². The van der Waals surface area contributed by atoms with Gasteiger partial charge in [-0.25, -0.2) is 0 Å². The fourth-order valence-electron chi connectivity index (χ4n) is 3.73. The van der Waals surface area contributed by atoms with Crippen molar-refractivity contribution in [3.63, 3.8) is 0 Å². The smallest absolute Gasteiger partial charge is 0.222 e. The average Bonchev–Trinajstić information content (AvgIpc) is 3.19. The van der Waals surface area contributed by atoms with E-state index in [9.17, 15) is 4.79 Å². The van der Waals surface area contributed by atoms with Crippen molar-refractivity contribution in [3.05, 3.63) is 59.2 Å². The number of ether oxygens (including phenoxy) is 2. The minimum atomic E-state index is 0. The topological polar surface area (TPSA) is 66.4 Å². The van der Waals surface area contributed by atoms with Crippen LogP contribution in [0, 0.1) is 0 Å². The van der Waals surface area contributed by atoms with Gasteiger partial charge in [0, 0.05) is 58.3 Å². The lowest BCUT2D eigenvalue weighted by Crippen LogP contribution is -2.38. The van der Waals surface area contributed by atoms with E-state index in [4.69, 9.17) is 9.47 Å². The van der Waals surface area contributed by atoms with Gasteiger partial charge < -0.3 is 24.6 Å². The van der Waals surface area contributed by atoms with Crippen molar-refractivity contribution in [3.8, 4) is 11.5 Å². The molecule has 0 spiro atoms. The number of amides is 1. The normalized spacial score (nSPS) is 13.6. The molecule has 0 radical (unpaired) electrons. The second-order valence-corrected chi connectivity index (χ2v) is 7.67. The van der Waals surface area contributed by atoms with Crippen LogP contribution in [0.25, 0.3) is 0 Å². The van der Waals surface area contributed by atoms with E-state index >= 15 is 0 Å². The second-order valence-electron chi connectivity index (χ2n) is 7.67. The lowest BCUT2D eigenvalue weighted by atomic mass is 10.1. The Morgan fingerprint density at radius 3 is 2.44 bits per heavy atom. The largest absolute Gasteiger partial charge is 0.497 e. The summed E-state index contributed by atoms with van der Waals surface area (Å²) in [7, 11) is 7.08. The third-order valence-corrected chi connectivity index (χ3v) is 5.49. The van der Waals surface area contributed by atoms with Gasteiger partial charge in [0.25, 0.3) is 0 Å². The number of methoxy groups -OCH3 is 2. The highest BCUT2D eigenvalue weighted by atomic mass is 127. The molecular weight excluding hydrogens is 519 g/mol. The monoisotopic (exact) mass is 552 g/mol. The number of carbonyl (C=O) groups excluding carboxylic acids is 1. The highest BCUT2D eigenvalue weighted by molar-refractivity contribution is 14.0. The van der Waals surface area contributed by atoms with Gasteiger partial charge in [-0.3, -0.25) is 9.79 Å². The van der Waals surface area contributed by atoms with Gasteiger partial charge in [0.05, 0.1) is 14.2 Å². The molecular formula is C24H33IN4O3. The standard InChI is InChI=1S/C24H32N4O3.HI/c1-25-24(27(2)17-20-11-12-21(30-3)14-22(20)31-4)26-15-18-7-9-19(10-8-18)16-28-13-5-6-23(28)29;/h7-12,14H,5-6,13,15-17H2,1-4H3,(H,25,26);1H. The first-order valence-corrected chi connectivity index (χ1v) is 10.5. The predicted molar refractivity (Wildman–Crippen MR) is 138 cm³/mol. The highest BCUT2D eigenvalue weighted by Crippen LogP contribution is 2.25. The quantitative estimate of drug-likeness (QED) is 0.308. The van der Waals surface area contributed by atoms with Gasteiger partial charge in [0.2, 0.25) is 5.91 Å². The van der Waals surface area contributed by atoms with Crippen molar-refractivity contribution in [2.24, 2.45) is 4.99 Å². The fourth-order valence-corrected chi connectivity index (χ4v) is 3.73. The van der Waals surface area contributed by atoms with Gasteiger partial charge in [-0.2, -0.15) is 0 Å². The summed E-state index contributed by atoms with van der Waals surface area (Å²) in [5.41, 5.74) is 3.37. The number of nitrogens with one attached hydrogen (secondary N) is 1. The molecule has 0 bridgehead atoms. The number of likely N-dealkylation sites (tertiary alicyclic amines) is 1. The van der Waals surface area contributed by atoms with Gasteiger partial charge in [0.15, 0.2) is 5.96 Å². The molecule has 174 valence electrons. The van der Waals surface area contributed by atoms with Crippen LogP contribution >= 0.6 is 24.0 Å². The van der Waals surface area contributed by atoms with Gasteiger partial charge in [0.1, 0.15) is 11.5 Å². The molecule has 0 atom stereocenters. The minimum Gasteiger partial charge on any atom is -0.497 e. The molecule has 0 saturated carbocycles. The Balaban J connectivity index is 0.00000363. The van der Waals surface area contributed by atoms with Gasteiger partial charge in [-0.05, 0) is 29.7 Å². The minimum absolute atomic E-state index is 0. The summed E-state index contributed by atoms with van der Waals surface area (Å²) in [6.45, 7) is 2.87. The summed E-state index contributed by atoms with van der Waals surface area (Å²) in [6, 6.07) is 14.2. The first kappa shape index (κ1) is 25.8. The number of hydrogen-bond acceptors (Lipinski definition) is 4.